The molecular formula is C21H30N4O2S2. The van der Waals surface area contributed by atoms with Crippen molar-refractivity contribution in [1.29, 1.82) is 0 Å². The van der Waals surface area contributed by atoms with Crippen LogP contribution in [0.2, 0.25) is 0 Å². The quantitative estimate of drug-likeness (QED) is 0.518. The molecule has 0 unspecified atom stereocenters. The highest BCUT2D eigenvalue weighted by Crippen LogP contribution is 2.24. The molecule has 2 N–H and O–H groups in total. The number of thiophene rings is 1. The van der Waals surface area contributed by atoms with Gasteiger partial charge in [-0.15, -0.1) is 11.3 Å². The Labute approximate surface area is 178 Å². The number of benzene rings is 1. The van der Waals surface area contributed by atoms with E-state index in [4.69, 9.17) is 4.99 Å². The first-order valence-electron chi connectivity index (χ1n) is 10.0. The van der Waals surface area contributed by atoms with Gasteiger partial charge in [-0.05, 0) is 48.4 Å². The van der Waals surface area contributed by atoms with Crippen molar-refractivity contribution in [3.63, 3.8) is 0 Å². The Morgan fingerprint density at radius 2 is 1.86 bits per heavy atom. The molecular weight excluding hydrogens is 404 g/mol. The van der Waals surface area contributed by atoms with Crippen molar-refractivity contribution in [2.75, 3.05) is 30.8 Å². The molecule has 1 fully saturated rings. The maximum absolute atomic E-state index is 11.4. The van der Waals surface area contributed by atoms with Gasteiger partial charge in [-0.3, -0.25) is 0 Å². The van der Waals surface area contributed by atoms with E-state index in [-0.39, 0.29) is 5.75 Å². The summed E-state index contributed by atoms with van der Waals surface area (Å²) in [6.07, 6.45) is 3.43. The highest BCUT2D eigenvalue weighted by Gasteiger charge is 2.20. The summed E-state index contributed by atoms with van der Waals surface area (Å²) in [6.45, 7) is 5.55. The van der Waals surface area contributed by atoms with Crippen LogP contribution in [0.5, 0.6) is 0 Å². The number of hydrogen-bond donors (Lipinski definition) is 2. The van der Waals surface area contributed by atoms with E-state index in [2.05, 4.69) is 40.0 Å². The predicted molar refractivity (Wildman–Crippen MR) is 122 cm³/mol. The van der Waals surface area contributed by atoms with Gasteiger partial charge < -0.3 is 15.5 Å². The summed E-state index contributed by atoms with van der Waals surface area (Å²) < 4.78 is 22.8. The summed E-state index contributed by atoms with van der Waals surface area (Å²) >= 11 is 1.80. The maximum atomic E-state index is 11.4. The molecule has 1 saturated heterocycles. The van der Waals surface area contributed by atoms with Gasteiger partial charge in [0.15, 0.2) is 15.8 Å². The van der Waals surface area contributed by atoms with Crippen LogP contribution in [0.4, 0.5) is 5.00 Å². The van der Waals surface area contributed by atoms with E-state index in [0.29, 0.717) is 12.6 Å². The molecule has 1 aliphatic rings. The number of piperidine rings is 1. The lowest BCUT2D eigenvalue weighted by Crippen LogP contribution is -2.48. The zero-order valence-corrected chi connectivity index (χ0v) is 18.7. The van der Waals surface area contributed by atoms with E-state index < -0.39 is 9.84 Å². The molecule has 0 amide bonds. The molecule has 3 rings (SSSR count). The summed E-state index contributed by atoms with van der Waals surface area (Å²) in [5.41, 5.74) is 1.87. The molecule has 0 aliphatic carbocycles. The minimum Gasteiger partial charge on any atom is -0.363 e. The summed E-state index contributed by atoms with van der Waals surface area (Å²) in [7, 11) is -3.01. The fourth-order valence-corrected chi connectivity index (χ4v) is 5.00. The molecule has 2 aromatic rings. The van der Waals surface area contributed by atoms with E-state index in [1.54, 1.807) is 11.3 Å². The van der Waals surface area contributed by atoms with Gasteiger partial charge in [0.25, 0.3) is 0 Å². The van der Waals surface area contributed by atoms with Crippen LogP contribution in [0, 0.1) is 0 Å². The molecule has 1 aromatic heterocycles. The van der Waals surface area contributed by atoms with E-state index >= 15 is 0 Å². The smallest absolute Gasteiger partial charge is 0.191 e. The SMILES string of the molecule is CCNC(=NCc1ccc(CS(C)(=O)=O)cc1)NC1CCN(c2cccs2)CC1. The number of aliphatic imine (C=N–C) groups is 1. The predicted octanol–water partition coefficient (Wildman–Crippen LogP) is 3.02. The molecule has 0 bridgehead atoms. The minimum atomic E-state index is -3.01. The maximum Gasteiger partial charge on any atom is 0.191 e. The third-order valence-corrected chi connectivity index (χ3v) is 6.66. The summed E-state index contributed by atoms with van der Waals surface area (Å²) in [4.78, 5) is 7.16. The van der Waals surface area contributed by atoms with Crippen molar-refractivity contribution in [2.45, 2.75) is 38.1 Å². The lowest BCUT2D eigenvalue weighted by atomic mass is 10.1. The third kappa shape index (κ3) is 7.04. The van der Waals surface area contributed by atoms with Crippen molar-refractivity contribution in [2.24, 2.45) is 4.99 Å². The average Bonchev–Trinajstić information content (AvgIpc) is 3.22. The molecule has 6 nitrogen and oxygen atoms in total. The number of hydrogen-bond acceptors (Lipinski definition) is 5. The Kier molecular flexibility index (Phi) is 7.55. The molecule has 8 heteroatoms. The molecule has 0 atom stereocenters. The number of anilines is 1. The van der Waals surface area contributed by atoms with Crippen LogP contribution >= 0.6 is 11.3 Å². The zero-order chi connectivity index (χ0) is 20.7. The molecule has 0 radical (unpaired) electrons. The average molecular weight is 435 g/mol. The van der Waals surface area contributed by atoms with Crippen molar-refractivity contribution < 1.29 is 8.42 Å². The van der Waals surface area contributed by atoms with Crippen LogP contribution in [0.15, 0.2) is 46.8 Å². The van der Waals surface area contributed by atoms with E-state index in [1.165, 1.54) is 11.3 Å². The Bertz CT molecular complexity index is 885. The van der Waals surface area contributed by atoms with Crippen LogP contribution in [-0.2, 0) is 22.1 Å². The summed E-state index contributed by atoms with van der Waals surface area (Å²) in [5.74, 6) is 0.910. The molecule has 1 aliphatic heterocycles. The van der Waals surface area contributed by atoms with Crippen LogP contribution in [-0.4, -0.2) is 46.3 Å². The summed E-state index contributed by atoms with van der Waals surface area (Å²) in [6, 6.07) is 12.3. The van der Waals surface area contributed by atoms with Gasteiger partial charge in [0, 0.05) is 31.9 Å². The second-order valence-corrected chi connectivity index (χ2v) is 10.5. The first-order valence-corrected chi connectivity index (χ1v) is 13.0. The monoisotopic (exact) mass is 434 g/mol. The van der Waals surface area contributed by atoms with Gasteiger partial charge in [0.2, 0.25) is 0 Å². The lowest BCUT2D eigenvalue weighted by Gasteiger charge is -2.33. The number of guanidine groups is 1. The van der Waals surface area contributed by atoms with Crippen molar-refractivity contribution in [3.05, 3.63) is 52.9 Å². The van der Waals surface area contributed by atoms with Gasteiger partial charge in [0.1, 0.15) is 0 Å². The van der Waals surface area contributed by atoms with Crippen LogP contribution < -0.4 is 15.5 Å². The molecule has 1 aromatic carbocycles. The standard InChI is InChI=1S/C21H30N4O2S2/c1-3-22-21(23-15-17-6-8-18(9-7-17)16-29(2,26)27)24-19-10-12-25(13-11-19)20-5-4-14-28-20/h4-9,14,19H,3,10-13,15-16H2,1-2H3,(H2,22,23,24). The molecule has 2 heterocycles. The van der Waals surface area contributed by atoms with Crippen molar-refractivity contribution in [3.8, 4) is 0 Å². The molecule has 158 valence electrons. The number of sulfone groups is 1. The van der Waals surface area contributed by atoms with Crippen molar-refractivity contribution in [1.82, 2.24) is 10.6 Å². The normalized spacial score (nSPS) is 16.1. The fraction of sp³-hybridized carbons (Fsp3) is 0.476. The Morgan fingerprint density at radius 3 is 2.45 bits per heavy atom. The summed E-state index contributed by atoms with van der Waals surface area (Å²) in [5, 5.41) is 10.4. The lowest BCUT2D eigenvalue weighted by molar-refractivity contribution is 0.463. The Hall–Kier alpha value is -2.06. The third-order valence-electron chi connectivity index (χ3n) is 4.87. The topological polar surface area (TPSA) is 73.8 Å². The van der Waals surface area contributed by atoms with Crippen molar-refractivity contribution >= 4 is 32.1 Å². The van der Waals surface area contributed by atoms with Gasteiger partial charge in [-0.25, -0.2) is 13.4 Å². The second kappa shape index (κ2) is 10.1. The Balaban J connectivity index is 1.53. The van der Waals surface area contributed by atoms with Gasteiger partial charge >= 0.3 is 0 Å². The van der Waals surface area contributed by atoms with Gasteiger partial charge in [-0.1, -0.05) is 24.3 Å². The first kappa shape index (κ1) is 21.6. The fourth-order valence-electron chi connectivity index (χ4n) is 3.42. The number of nitrogens with zero attached hydrogens (tertiary/aromatic N) is 2. The van der Waals surface area contributed by atoms with E-state index in [9.17, 15) is 8.42 Å². The zero-order valence-electron chi connectivity index (χ0n) is 17.1. The van der Waals surface area contributed by atoms with Crippen LogP contribution in [0.25, 0.3) is 0 Å². The number of nitrogens with one attached hydrogen (secondary N) is 2. The molecule has 0 saturated carbocycles. The highest BCUT2D eigenvalue weighted by molar-refractivity contribution is 7.89. The highest BCUT2D eigenvalue weighted by atomic mass is 32.2. The molecule has 29 heavy (non-hydrogen) atoms. The first-order chi connectivity index (χ1) is 13.9. The molecule has 0 spiro atoms. The Morgan fingerprint density at radius 1 is 1.17 bits per heavy atom. The number of rotatable bonds is 7. The largest absolute Gasteiger partial charge is 0.363 e. The minimum absolute atomic E-state index is 0.0743. The second-order valence-electron chi connectivity index (χ2n) is 7.44. The van der Waals surface area contributed by atoms with E-state index in [0.717, 1.165) is 49.6 Å². The van der Waals surface area contributed by atoms with Crippen LogP contribution in [0.1, 0.15) is 30.9 Å². The van der Waals surface area contributed by atoms with Gasteiger partial charge in [-0.2, -0.15) is 0 Å². The van der Waals surface area contributed by atoms with Crippen LogP contribution in [0.3, 0.4) is 0 Å². The van der Waals surface area contributed by atoms with E-state index in [1.807, 2.05) is 24.3 Å². The van der Waals surface area contributed by atoms with Gasteiger partial charge in [0.05, 0.1) is 17.3 Å².